The number of rotatable bonds is 3. The van der Waals surface area contributed by atoms with Crippen molar-refractivity contribution < 1.29 is 4.79 Å². The molecule has 1 N–H and O–H groups in total. The van der Waals surface area contributed by atoms with Crippen LogP contribution in [0.25, 0.3) is 5.69 Å². The summed E-state index contributed by atoms with van der Waals surface area (Å²) < 4.78 is 1.72. The molecule has 1 atom stereocenters. The predicted molar refractivity (Wildman–Crippen MR) is 109 cm³/mol. The summed E-state index contributed by atoms with van der Waals surface area (Å²) in [4.78, 5) is 19.3. The first-order chi connectivity index (χ1) is 13.1. The number of aromatic nitrogens is 4. The number of piperazine rings is 1. The molecule has 28 heavy (non-hydrogen) atoms. The molecule has 0 bridgehead atoms. The maximum atomic E-state index is 13.3. The Balaban J connectivity index is 0.00000225. The molecule has 3 heterocycles. The van der Waals surface area contributed by atoms with Crippen molar-refractivity contribution in [2.75, 3.05) is 19.6 Å². The van der Waals surface area contributed by atoms with E-state index in [1.165, 1.54) is 0 Å². The molecule has 2 aromatic heterocycles. The van der Waals surface area contributed by atoms with E-state index in [-0.39, 0.29) is 24.4 Å². The van der Waals surface area contributed by atoms with Gasteiger partial charge in [0.1, 0.15) is 0 Å². The summed E-state index contributed by atoms with van der Waals surface area (Å²) in [5, 5.41) is 11.8. The van der Waals surface area contributed by atoms with Crippen LogP contribution in [0.5, 0.6) is 0 Å². The van der Waals surface area contributed by atoms with E-state index in [4.69, 9.17) is 0 Å². The molecule has 146 valence electrons. The van der Waals surface area contributed by atoms with Crippen LogP contribution in [0.4, 0.5) is 0 Å². The van der Waals surface area contributed by atoms with Gasteiger partial charge in [-0.05, 0) is 43.2 Å². The Morgan fingerprint density at radius 2 is 2.07 bits per heavy atom. The molecule has 0 spiro atoms. The number of hydrogen-bond acceptors (Lipinski definition) is 5. The summed E-state index contributed by atoms with van der Waals surface area (Å²) in [6, 6.07) is 11.8. The fraction of sp³-hybridized carbons (Fsp3) is 0.300. The van der Waals surface area contributed by atoms with E-state index in [1.807, 2.05) is 61.3 Å². The minimum absolute atomic E-state index is 0. The van der Waals surface area contributed by atoms with Gasteiger partial charge in [0, 0.05) is 32.0 Å². The lowest BCUT2D eigenvalue weighted by Gasteiger charge is -2.36. The Hall–Kier alpha value is -2.77. The maximum absolute atomic E-state index is 13.3. The second kappa shape index (κ2) is 8.50. The highest BCUT2D eigenvalue weighted by atomic mass is 35.5. The second-order valence-electron chi connectivity index (χ2n) is 6.78. The topological polar surface area (TPSA) is 75.9 Å². The van der Waals surface area contributed by atoms with Crippen LogP contribution < -0.4 is 5.32 Å². The van der Waals surface area contributed by atoms with E-state index < -0.39 is 0 Å². The van der Waals surface area contributed by atoms with Crippen LogP contribution in [0.15, 0.2) is 48.8 Å². The highest BCUT2D eigenvalue weighted by molar-refractivity contribution is 5.93. The number of nitrogens with one attached hydrogen (secondary N) is 1. The Morgan fingerprint density at radius 1 is 1.21 bits per heavy atom. The summed E-state index contributed by atoms with van der Waals surface area (Å²) in [5.74, 6) is -0.0956. The smallest absolute Gasteiger partial charge is 0.276 e. The Bertz CT molecular complexity index is 958. The zero-order valence-corrected chi connectivity index (χ0v) is 16.7. The average Bonchev–Trinajstić information content (AvgIpc) is 3.09. The van der Waals surface area contributed by atoms with Crippen molar-refractivity contribution in [3.63, 3.8) is 0 Å². The van der Waals surface area contributed by atoms with Crippen LogP contribution in [0, 0.1) is 13.8 Å². The normalized spacial score (nSPS) is 16.5. The van der Waals surface area contributed by atoms with Crippen molar-refractivity contribution >= 4 is 18.3 Å². The molecular weight excluding hydrogens is 376 g/mol. The van der Waals surface area contributed by atoms with Crippen LogP contribution in [0.3, 0.4) is 0 Å². The standard InChI is InChI=1S/C20H22N6O.ClH/c1-14-5-3-7-17(11-14)26-15(2)19(23-24-26)20(27)25-10-9-22-13-18(25)16-6-4-8-21-12-16;/h3-8,11-12,18,22H,9-10,13H2,1-2H3;1H. The molecule has 1 aliphatic heterocycles. The van der Waals surface area contributed by atoms with Gasteiger partial charge >= 0.3 is 0 Å². The second-order valence-corrected chi connectivity index (χ2v) is 6.78. The molecule has 4 rings (SSSR count). The number of amides is 1. The lowest BCUT2D eigenvalue weighted by molar-refractivity contribution is 0.0627. The molecule has 0 radical (unpaired) electrons. The summed E-state index contributed by atoms with van der Waals surface area (Å²) in [6.07, 6.45) is 3.55. The first-order valence-electron chi connectivity index (χ1n) is 9.06. The van der Waals surface area contributed by atoms with Crippen LogP contribution in [-0.2, 0) is 0 Å². The summed E-state index contributed by atoms with van der Waals surface area (Å²) in [6.45, 7) is 5.99. The highest BCUT2D eigenvalue weighted by Crippen LogP contribution is 2.24. The minimum atomic E-state index is -0.0956. The lowest BCUT2D eigenvalue weighted by Crippen LogP contribution is -2.49. The molecule has 1 unspecified atom stereocenters. The number of benzene rings is 1. The number of aryl methyl sites for hydroxylation is 1. The van der Waals surface area contributed by atoms with Gasteiger partial charge in [-0.15, -0.1) is 17.5 Å². The van der Waals surface area contributed by atoms with Crippen LogP contribution in [0.2, 0.25) is 0 Å². The SMILES string of the molecule is Cc1cccc(-n2nnc(C(=O)N3CCNCC3c3cccnc3)c2C)c1.Cl. The van der Waals surface area contributed by atoms with Crippen molar-refractivity contribution in [2.24, 2.45) is 0 Å². The van der Waals surface area contributed by atoms with Gasteiger partial charge in [-0.1, -0.05) is 23.4 Å². The number of carbonyl (C=O) groups is 1. The molecule has 1 amide bonds. The summed E-state index contributed by atoms with van der Waals surface area (Å²) >= 11 is 0. The number of carbonyl (C=O) groups excluding carboxylic acids is 1. The third-order valence-corrected chi connectivity index (χ3v) is 4.92. The number of pyridine rings is 1. The molecule has 1 saturated heterocycles. The number of nitrogens with zero attached hydrogens (tertiary/aromatic N) is 5. The zero-order chi connectivity index (χ0) is 18.8. The predicted octanol–water partition coefficient (Wildman–Crippen LogP) is 2.49. The molecule has 0 saturated carbocycles. The van der Waals surface area contributed by atoms with Gasteiger partial charge in [-0.2, -0.15) is 0 Å². The molecule has 1 fully saturated rings. The summed E-state index contributed by atoms with van der Waals surface area (Å²) in [5.41, 5.74) is 4.19. The van der Waals surface area contributed by atoms with E-state index in [0.717, 1.165) is 29.1 Å². The fourth-order valence-corrected chi connectivity index (χ4v) is 3.49. The fourth-order valence-electron chi connectivity index (χ4n) is 3.49. The molecular formula is C20H23ClN6O. The van der Waals surface area contributed by atoms with E-state index in [2.05, 4.69) is 20.6 Å². The van der Waals surface area contributed by atoms with Crippen molar-refractivity contribution in [1.29, 1.82) is 0 Å². The number of hydrogen-bond donors (Lipinski definition) is 1. The zero-order valence-electron chi connectivity index (χ0n) is 15.9. The molecule has 8 heteroatoms. The van der Waals surface area contributed by atoms with Gasteiger partial charge in [0.25, 0.3) is 5.91 Å². The Labute approximate surface area is 170 Å². The van der Waals surface area contributed by atoms with Crippen molar-refractivity contribution in [3.8, 4) is 5.69 Å². The molecule has 3 aromatic rings. The Morgan fingerprint density at radius 3 is 2.82 bits per heavy atom. The van der Waals surface area contributed by atoms with Crippen LogP contribution in [-0.4, -0.2) is 50.4 Å². The van der Waals surface area contributed by atoms with E-state index >= 15 is 0 Å². The Kier molecular flexibility index (Phi) is 6.06. The van der Waals surface area contributed by atoms with Crippen molar-refractivity contribution in [1.82, 2.24) is 30.2 Å². The van der Waals surface area contributed by atoms with Crippen LogP contribution >= 0.6 is 12.4 Å². The van der Waals surface area contributed by atoms with E-state index in [9.17, 15) is 4.79 Å². The average molecular weight is 399 g/mol. The minimum Gasteiger partial charge on any atom is -0.328 e. The molecule has 1 aromatic carbocycles. The first-order valence-corrected chi connectivity index (χ1v) is 9.06. The molecule has 1 aliphatic rings. The van der Waals surface area contributed by atoms with Crippen molar-refractivity contribution in [3.05, 3.63) is 71.3 Å². The largest absolute Gasteiger partial charge is 0.328 e. The van der Waals surface area contributed by atoms with Gasteiger partial charge in [0.05, 0.1) is 17.4 Å². The van der Waals surface area contributed by atoms with Gasteiger partial charge in [-0.3, -0.25) is 9.78 Å². The van der Waals surface area contributed by atoms with Gasteiger partial charge < -0.3 is 10.2 Å². The van der Waals surface area contributed by atoms with Gasteiger partial charge in [-0.25, -0.2) is 4.68 Å². The third kappa shape index (κ3) is 3.76. The number of halogens is 1. The quantitative estimate of drug-likeness (QED) is 0.733. The maximum Gasteiger partial charge on any atom is 0.276 e. The summed E-state index contributed by atoms with van der Waals surface area (Å²) in [7, 11) is 0. The monoisotopic (exact) mass is 398 g/mol. The van der Waals surface area contributed by atoms with Crippen LogP contribution in [0.1, 0.15) is 33.4 Å². The van der Waals surface area contributed by atoms with E-state index in [0.29, 0.717) is 18.8 Å². The third-order valence-electron chi connectivity index (χ3n) is 4.92. The first kappa shape index (κ1) is 20.0. The van der Waals surface area contributed by atoms with E-state index in [1.54, 1.807) is 10.9 Å². The van der Waals surface area contributed by atoms with Crippen molar-refractivity contribution in [2.45, 2.75) is 19.9 Å². The highest BCUT2D eigenvalue weighted by Gasteiger charge is 2.31. The van der Waals surface area contributed by atoms with Gasteiger partial charge in [0.2, 0.25) is 0 Å². The van der Waals surface area contributed by atoms with Gasteiger partial charge in [0.15, 0.2) is 5.69 Å². The molecule has 7 nitrogen and oxygen atoms in total. The molecule has 0 aliphatic carbocycles. The lowest BCUT2D eigenvalue weighted by atomic mass is 10.0.